The fourth-order valence-electron chi connectivity index (χ4n) is 4.19. The van der Waals surface area contributed by atoms with Gasteiger partial charge in [0.2, 0.25) is 0 Å². The summed E-state index contributed by atoms with van der Waals surface area (Å²) in [6.45, 7) is 4.38. The zero-order chi connectivity index (χ0) is 21.1. The number of nitrogens with zero attached hydrogens (tertiary/aromatic N) is 4. The highest BCUT2D eigenvalue weighted by Crippen LogP contribution is 2.39. The van der Waals surface area contributed by atoms with E-state index in [4.69, 9.17) is 11.5 Å². The molecule has 0 aliphatic carbocycles. The van der Waals surface area contributed by atoms with Crippen molar-refractivity contribution in [2.45, 2.75) is 25.2 Å². The molecule has 2 aromatic heterocycles. The van der Waals surface area contributed by atoms with Crippen molar-refractivity contribution >= 4 is 40.2 Å². The largest absolute Gasteiger partial charge is 0.382 e. The van der Waals surface area contributed by atoms with Gasteiger partial charge in [0.15, 0.2) is 11.6 Å². The Morgan fingerprint density at radius 3 is 2.63 bits per heavy atom. The third-order valence-electron chi connectivity index (χ3n) is 6.06. The van der Waals surface area contributed by atoms with Crippen molar-refractivity contribution in [1.29, 1.82) is 0 Å². The molecule has 0 unspecified atom stereocenters. The fourth-order valence-corrected chi connectivity index (χ4v) is 4.71. The van der Waals surface area contributed by atoms with Crippen LogP contribution in [0.2, 0.25) is 0 Å². The summed E-state index contributed by atoms with van der Waals surface area (Å²) >= 11 is 2.07. The van der Waals surface area contributed by atoms with E-state index >= 15 is 0 Å². The van der Waals surface area contributed by atoms with Crippen molar-refractivity contribution in [2.75, 3.05) is 33.8 Å². The van der Waals surface area contributed by atoms with Gasteiger partial charge in [0.25, 0.3) is 0 Å². The lowest BCUT2D eigenvalue weighted by atomic mass is 9.73. The molecule has 0 radical (unpaired) electrons. The van der Waals surface area contributed by atoms with Crippen molar-refractivity contribution in [2.24, 2.45) is 5.73 Å². The molecule has 5 N–H and O–H groups in total. The number of halogens is 1. The monoisotopic (exact) mass is 515 g/mol. The van der Waals surface area contributed by atoms with E-state index in [1.54, 1.807) is 0 Å². The highest BCUT2D eigenvalue weighted by molar-refractivity contribution is 14.1. The molecule has 7 nitrogen and oxygen atoms in total. The van der Waals surface area contributed by atoms with Gasteiger partial charge >= 0.3 is 0 Å². The molecule has 4 rings (SSSR count). The molecule has 30 heavy (non-hydrogen) atoms. The molecule has 0 amide bonds. The Labute approximate surface area is 190 Å². The van der Waals surface area contributed by atoms with Crippen LogP contribution in [0.5, 0.6) is 0 Å². The number of hydrogen-bond donors (Lipinski definition) is 3. The quantitative estimate of drug-likeness (QED) is 0.352. The average molecular weight is 515 g/mol. The smallest absolute Gasteiger partial charge is 0.158 e. The van der Waals surface area contributed by atoms with Crippen molar-refractivity contribution in [3.05, 3.63) is 60.2 Å². The maximum atomic E-state index is 6.34. The van der Waals surface area contributed by atoms with E-state index in [0.717, 1.165) is 43.0 Å². The van der Waals surface area contributed by atoms with E-state index in [0.29, 0.717) is 12.4 Å². The molecule has 0 atom stereocenters. The summed E-state index contributed by atoms with van der Waals surface area (Å²) in [7, 11) is 0. The molecule has 1 aromatic carbocycles. The molecule has 1 aliphatic heterocycles. The number of nitrogen functional groups attached to an aromatic ring is 1. The lowest BCUT2D eigenvalue weighted by Crippen LogP contribution is -2.47. The van der Waals surface area contributed by atoms with Crippen LogP contribution in [0.1, 0.15) is 24.0 Å². The summed E-state index contributed by atoms with van der Waals surface area (Å²) in [5.41, 5.74) is 17.8. The van der Waals surface area contributed by atoms with Gasteiger partial charge in [-0.15, -0.1) is 0 Å². The Hall–Kier alpha value is -2.46. The van der Waals surface area contributed by atoms with Gasteiger partial charge in [-0.05, 0) is 37.0 Å². The molecule has 3 aromatic rings. The molecular formula is C22H26IN7. The number of nitrogens with two attached hydrogens (primary N) is 2. The molecule has 8 heteroatoms. The first-order valence-corrected chi connectivity index (χ1v) is 11.1. The Morgan fingerprint density at radius 2 is 1.93 bits per heavy atom. The zero-order valence-electron chi connectivity index (χ0n) is 17.0. The maximum absolute atomic E-state index is 6.34. The van der Waals surface area contributed by atoms with Gasteiger partial charge in [-0.1, -0.05) is 29.8 Å². The Bertz CT molecular complexity index is 1030. The van der Waals surface area contributed by atoms with E-state index in [-0.39, 0.29) is 5.41 Å². The van der Waals surface area contributed by atoms with Gasteiger partial charge in [-0.25, -0.2) is 9.97 Å². The second-order valence-electron chi connectivity index (χ2n) is 7.86. The van der Waals surface area contributed by atoms with E-state index < -0.39 is 0 Å². The van der Waals surface area contributed by atoms with Gasteiger partial charge in [0.05, 0.1) is 22.9 Å². The minimum Gasteiger partial charge on any atom is -0.382 e. The number of hydrogen-bond acceptors (Lipinski definition) is 7. The highest BCUT2D eigenvalue weighted by atomic mass is 127. The number of nitrogens with one attached hydrogen (secondary N) is 1. The van der Waals surface area contributed by atoms with E-state index in [9.17, 15) is 0 Å². The Balaban J connectivity index is 1.60. The van der Waals surface area contributed by atoms with Crippen molar-refractivity contribution < 1.29 is 0 Å². The predicted molar refractivity (Wildman–Crippen MR) is 131 cm³/mol. The summed E-state index contributed by atoms with van der Waals surface area (Å²) in [5.74, 6) is 1.30. The van der Waals surface area contributed by atoms with Gasteiger partial charge < -0.3 is 19.9 Å². The molecule has 0 spiro atoms. The van der Waals surface area contributed by atoms with Crippen LogP contribution in [0.3, 0.4) is 0 Å². The van der Waals surface area contributed by atoms with Crippen LogP contribution in [-0.2, 0) is 5.41 Å². The molecule has 1 saturated heterocycles. The normalized spacial score (nSPS) is 15.8. The second kappa shape index (κ2) is 8.73. The predicted octanol–water partition coefficient (Wildman–Crippen LogP) is 3.69. The highest BCUT2D eigenvalue weighted by Gasteiger charge is 2.36. The summed E-state index contributed by atoms with van der Waals surface area (Å²) in [5, 5.41) is 0. The summed E-state index contributed by atoms with van der Waals surface area (Å²) in [6.07, 6.45) is 7.27. The molecule has 3 heterocycles. The summed E-state index contributed by atoms with van der Waals surface area (Å²) in [4.78, 5) is 15.4. The standard InChI is InChI=1S/C22H26IN7/c1-15-3-2-4-16(9-15)17-10-18(12-26-11-17)22(13-24)5-7-30(8-6-22)21-19(29-23)20(25)27-14-28-21/h2-4,9-12,14,29H,5-8,13,24H2,1H3,(H2,25,27,28). The third-order valence-corrected chi connectivity index (χ3v) is 6.60. The van der Waals surface area contributed by atoms with Crippen molar-refractivity contribution in [3.63, 3.8) is 0 Å². The average Bonchev–Trinajstić information content (AvgIpc) is 2.79. The molecule has 1 fully saturated rings. The van der Waals surface area contributed by atoms with E-state index in [1.165, 1.54) is 23.0 Å². The van der Waals surface area contributed by atoms with Gasteiger partial charge in [-0.3, -0.25) is 4.98 Å². The summed E-state index contributed by atoms with van der Waals surface area (Å²) < 4.78 is 3.10. The number of aromatic nitrogens is 3. The molecule has 156 valence electrons. The molecular weight excluding hydrogens is 489 g/mol. The summed E-state index contributed by atoms with van der Waals surface area (Å²) in [6, 6.07) is 10.8. The van der Waals surface area contributed by atoms with Crippen LogP contribution in [-0.4, -0.2) is 34.6 Å². The first kappa shape index (κ1) is 20.8. The molecule has 1 aliphatic rings. The number of pyridine rings is 1. The van der Waals surface area contributed by atoms with E-state index in [2.05, 4.69) is 83.5 Å². The molecule has 0 bridgehead atoms. The first-order chi connectivity index (χ1) is 14.6. The lowest BCUT2D eigenvalue weighted by Gasteiger charge is -2.42. The van der Waals surface area contributed by atoms with E-state index in [1.807, 2.05) is 12.4 Å². The lowest BCUT2D eigenvalue weighted by molar-refractivity contribution is 0.338. The Kier molecular flexibility index (Phi) is 6.05. The van der Waals surface area contributed by atoms with Crippen LogP contribution in [0.4, 0.5) is 17.3 Å². The van der Waals surface area contributed by atoms with Crippen molar-refractivity contribution in [3.8, 4) is 11.1 Å². The van der Waals surface area contributed by atoms with Crippen LogP contribution in [0.15, 0.2) is 49.1 Å². The van der Waals surface area contributed by atoms with Crippen LogP contribution in [0, 0.1) is 6.92 Å². The first-order valence-electron chi connectivity index (χ1n) is 10.0. The van der Waals surface area contributed by atoms with Crippen LogP contribution < -0.4 is 19.9 Å². The number of aryl methyl sites for hydroxylation is 1. The minimum absolute atomic E-state index is 0.0974. The van der Waals surface area contributed by atoms with Crippen LogP contribution >= 0.6 is 22.9 Å². The SMILES string of the molecule is Cc1cccc(-c2cncc(C3(CN)CCN(c4ncnc(N)c4NI)CC3)c2)c1. The van der Waals surface area contributed by atoms with Crippen molar-refractivity contribution in [1.82, 2.24) is 15.0 Å². The van der Waals surface area contributed by atoms with Crippen LogP contribution in [0.25, 0.3) is 11.1 Å². The number of rotatable bonds is 5. The zero-order valence-corrected chi connectivity index (χ0v) is 19.1. The Morgan fingerprint density at radius 1 is 1.13 bits per heavy atom. The topological polar surface area (TPSA) is 106 Å². The number of piperidine rings is 1. The van der Waals surface area contributed by atoms with Gasteiger partial charge in [0, 0.05) is 43.0 Å². The molecule has 0 saturated carbocycles. The fraction of sp³-hybridized carbons (Fsp3) is 0.318. The van der Waals surface area contributed by atoms with Gasteiger partial charge in [0.1, 0.15) is 12.0 Å². The maximum Gasteiger partial charge on any atom is 0.158 e. The third kappa shape index (κ3) is 3.93. The second-order valence-corrected chi connectivity index (χ2v) is 8.39. The van der Waals surface area contributed by atoms with Gasteiger partial charge in [-0.2, -0.15) is 0 Å². The number of benzene rings is 1. The minimum atomic E-state index is -0.0974. The number of anilines is 3.